The second-order valence-electron chi connectivity index (χ2n) is 1.84. The summed E-state index contributed by atoms with van der Waals surface area (Å²) in [7, 11) is 0. The van der Waals surface area contributed by atoms with Gasteiger partial charge in [-0.2, -0.15) is 0 Å². The summed E-state index contributed by atoms with van der Waals surface area (Å²) in [5.74, 6) is 6.12. The molecule has 0 unspecified atom stereocenters. The van der Waals surface area contributed by atoms with Gasteiger partial charge in [0.15, 0.2) is 0 Å². The Morgan fingerprint density at radius 1 is 1.20 bits per heavy atom. The van der Waals surface area contributed by atoms with E-state index in [9.17, 15) is 0 Å². The molecule has 0 aliphatic carbocycles. The van der Waals surface area contributed by atoms with Gasteiger partial charge in [-0.3, -0.25) is 0 Å². The minimum Gasteiger partial charge on any atom is -0.343 e. The molecule has 0 N–H and O–H groups in total. The zero-order valence-corrected chi connectivity index (χ0v) is 6.30. The standard InChI is InChI=1S/C8H8ClN/c9-5-1-2-6-10-7-3-4-8-10/h3-4,7-8H,5-6H2. The minimum absolute atomic E-state index is 0.418. The Morgan fingerprint density at radius 2 is 1.90 bits per heavy atom. The van der Waals surface area contributed by atoms with Gasteiger partial charge in [0.25, 0.3) is 0 Å². The van der Waals surface area contributed by atoms with E-state index in [4.69, 9.17) is 11.6 Å². The van der Waals surface area contributed by atoms with E-state index < -0.39 is 0 Å². The number of hydrogen-bond donors (Lipinski definition) is 0. The summed E-state index contributed by atoms with van der Waals surface area (Å²) in [6.45, 7) is 0.736. The number of nitrogens with zero attached hydrogens (tertiary/aromatic N) is 1. The number of aromatic nitrogens is 1. The second-order valence-corrected chi connectivity index (χ2v) is 2.11. The van der Waals surface area contributed by atoms with Crippen molar-refractivity contribution in [3.63, 3.8) is 0 Å². The molecular formula is C8H8ClN. The van der Waals surface area contributed by atoms with Crippen LogP contribution in [0, 0.1) is 11.8 Å². The van der Waals surface area contributed by atoms with Gasteiger partial charge >= 0.3 is 0 Å². The van der Waals surface area contributed by atoms with Crippen LogP contribution in [0.4, 0.5) is 0 Å². The van der Waals surface area contributed by atoms with Crippen molar-refractivity contribution in [1.82, 2.24) is 4.57 Å². The molecule has 1 aromatic heterocycles. The van der Waals surface area contributed by atoms with E-state index in [0.717, 1.165) is 6.54 Å². The van der Waals surface area contributed by atoms with Crippen LogP contribution in [0.25, 0.3) is 0 Å². The maximum atomic E-state index is 5.36. The van der Waals surface area contributed by atoms with Crippen molar-refractivity contribution >= 4 is 11.6 Å². The van der Waals surface area contributed by atoms with Gasteiger partial charge in [0.2, 0.25) is 0 Å². The van der Waals surface area contributed by atoms with Gasteiger partial charge in [-0.1, -0.05) is 11.8 Å². The zero-order valence-electron chi connectivity index (χ0n) is 5.55. The molecule has 0 saturated carbocycles. The van der Waals surface area contributed by atoms with Crippen LogP contribution in [0.15, 0.2) is 24.5 Å². The minimum atomic E-state index is 0.418. The average Bonchev–Trinajstić information content (AvgIpc) is 2.41. The molecule has 52 valence electrons. The monoisotopic (exact) mass is 153 g/mol. The van der Waals surface area contributed by atoms with Gasteiger partial charge in [0.1, 0.15) is 0 Å². The third kappa shape index (κ3) is 2.16. The molecule has 1 nitrogen and oxygen atoms in total. The largest absolute Gasteiger partial charge is 0.343 e. The first-order valence-corrected chi connectivity index (χ1v) is 3.59. The molecule has 1 aromatic rings. The Hall–Kier alpha value is -0.870. The lowest BCUT2D eigenvalue weighted by Gasteiger charge is -1.90. The highest BCUT2D eigenvalue weighted by atomic mass is 35.5. The molecule has 0 aromatic carbocycles. The van der Waals surface area contributed by atoms with Crippen LogP contribution >= 0.6 is 11.6 Å². The van der Waals surface area contributed by atoms with Crippen LogP contribution in [0.1, 0.15) is 0 Å². The van der Waals surface area contributed by atoms with Crippen LogP contribution in [-0.4, -0.2) is 10.4 Å². The first-order chi connectivity index (χ1) is 4.93. The lowest BCUT2D eigenvalue weighted by atomic mass is 10.6. The van der Waals surface area contributed by atoms with Crippen molar-refractivity contribution < 1.29 is 0 Å². The van der Waals surface area contributed by atoms with Gasteiger partial charge in [0.05, 0.1) is 12.4 Å². The molecule has 0 aliphatic rings. The van der Waals surface area contributed by atoms with Gasteiger partial charge in [-0.25, -0.2) is 0 Å². The first kappa shape index (κ1) is 7.24. The summed E-state index contributed by atoms with van der Waals surface area (Å²) in [4.78, 5) is 0. The van der Waals surface area contributed by atoms with E-state index >= 15 is 0 Å². The van der Waals surface area contributed by atoms with Crippen LogP contribution in [0.2, 0.25) is 0 Å². The van der Waals surface area contributed by atoms with Crippen molar-refractivity contribution in [2.75, 3.05) is 5.88 Å². The van der Waals surface area contributed by atoms with E-state index in [0.29, 0.717) is 5.88 Å². The number of rotatable bonds is 1. The average molecular weight is 154 g/mol. The normalized spacial score (nSPS) is 8.50. The van der Waals surface area contributed by atoms with E-state index in [1.165, 1.54) is 0 Å². The van der Waals surface area contributed by atoms with E-state index in [1.54, 1.807) is 0 Å². The number of alkyl halides is 1. The van der Waals surface area contributed by atoms with Gasteiger partial charge in [-0.05, 0) is 12.1 Å². The zero-order chi connectivity index (χ0) is 7.23. The Bertz CT molecular complexity index is 228. The van der Waals surface area contributed by atoms with E-state index in [-0.39, 0.29) is 0 Å². The summed E-state index contributed by atoms with van der Waals surface area (Å²) in [5, 5.41) is 0. The van der Waals surface area contributed by atoms with Crippen LogP contribution in [0.5, 0.6) is 0 Å². The van der Waals surface area contributed by atoms with Gasteiger partial charge in [0, 0.05) is 12.4 Å². The molecule has 0 aliphatic heterocycles. The summed E-state index contributed by atoms with van der Waals surface area (Å²) in [6.07, 6.45) is 3.95. The lowest BCUT2D eigenvalue weighted by Crippen LogP contribution is -1.89. The number of hydrogen-bond acceptors (Lipinski definition) is 0. The van der Waals surface area contributed by atoms with Crippen molar-refractivity contribution in [3.05, 3.63) is 24.5 Å². The fraction of sp³-hybridized carbons (Fsp3) is 0.250. The highest BCUT2D eigenvalue weighted by Crippen LogP contribution is 1.87. The van der Waals surface area contributed by atoms with Crippen LogP contribution < -0.4 is 0 Å². The summed E-state index contributed by atoms with van der Waals surface area (Å²) in [5.41, 5.74) is 0. The highest BCUT2D eigenvalue weighted by Gasteiger charge is 1.79. The Balaban J connectivity index is 2.41. The molecule has 0 fully saturated rings. The van der Waals surface area contributed by atoms with Crippen molar-refractivity contribution in [1.29, 1.82) is 0 Å². The molecule has 10 heavy (non-hydrogen) atoms. The predicted octanol–water partition coefficient (Wildman–Crippen LogP) is 1.73. The van der Waals surface area contributed by atoms with Crippen molar-refractivity contribution in [2.24, 2.45) is 0 Å². The quantitative estimate of drug-likeness (QED) is 0.428. The van der Waals surface area contributed by atoms with E-state index in [1.807, 2.05) is 29.1 Å². The fourth-order valence-corrected chi connectivity index (χ4v) is 0.765. The highest BCUT2D eigenvalue weighted by molar-refractivity contribution is 6.19. The van der Waals surface area contributed by atoms with E-state index in [2.05, 4.69) is 11.8 Å². The lowest BCUT2D eigenvalue weighted by molar-refractivity contribution is 0.850. The molecule has 0 atom stereocenters. The first-order valence-electron chi connectivity index (χ1n) is 3.06. The SMILES string of the molecule is ClCC#CCn1cccc1. The predicted molar refractivity (Wildman–Crippen MR) is 42.9 cm³/mol. The maximum absolute atomic E-state index is 5.36. The Labute approximate surface area is 65.6 Å². The molecule has 0 amide bonds. The molecule has 0 saturated heterocycles. The third-order valence-electron chi connectivity index (χ3n) is 1.12. The maximum Gasteiger partial charge on any atom is 0.0835 e. The summed E-state index contributed by atoms with van der Waals surface area (Å²) in [6, 6.07) is 3.95. The Morgan fingerprint density at radius 3 is 2.50 bits per heavy atom. The fourth-order valence-electron chi connectivity index (χ4n) is 0.670. The smallest absolute Gasteiger partial charge is 0.0835 e. The molecule has 0 spiro atoms. The molecule has 1 heterocycles. The second kappa shape index (κ2) is 4.03. The topological polar surface area (TPSA) is 4.93 Å². The van der Waals surface area contributed by atoms with Crippen LogP contribution in [-0.2, 0) is 6.54 Å². The molecule has 0 radical (unpaired) electrons. The molecular weight excluding hydrogens is 146 g/mol. The van der Waals surface area contributed by atoms with Gasteiger partial charge < -0.3 is 4.57 Å². The summed E-state index contributed by atoms with van der Waals surface area (Å²) < 4.78 is 2.00. The van der Waals surface area contributed by atoms with Crippen LogP contribution in [0.3, 0.4) is 0 Å². The van der Waals surface area contributed by atoms with Gasteiger partial charge in [-0.15, -0.1) is 11.6 Å². The molecule has 2 heteroatoms. The third-order valence-corrected chi connectivity index (χ3v) is 1.25. The Kier molecular flexibility index (Phi) is 2.92. The molecule has 0 bridgehead atoms. The summed E-state index contributed by atoms with van der Waals surface area (Å²) >= 11 is 5.36. The number of halogens is 1. The van der Waals surface area contributed by atoms with Crippen molar-refractivity contribution in [3.8, 4) is 11.8 Å². The molecule has 1 rings (SSSR count). The van der Waals surface area contributed by atoms with Crippen molar-refractivity contribution in [2.45, 2.75) is 6.54 Å².